The molecule has 2 aromatic heterocycles. The maximum absolute atomic E-state index is 12.2. The number of carbonyl (C=O) groups is 1. The van der Waals surface area contributed by atoms with Crippen molar-refractivity contribution in [2.75, 3.05) is 31.6 Å². The summed E-state index contributed by atoms with van der Waals surface area (Å²) in [6.07, 6.45) is 4.59. The molecule has 3 rings (SSSR count). The molecular formula is C16H20N4O3. The van der Waals surface area contributed by atoms with Gasteiger partial charge in [-0.05, 0) is 25.0 Å². The molecule has 122 valence electrons. The van der Waals surface area contributed by atoms with E-state index in [2.05, 4.69) is 15.0 Å². The molecule has 7 heteroatoms. The van der Waals surface area contributed by atoms with Gasteiger partial charge in [-0.3, -0.25) is 4.79 Å². The van der Waals surface area contributed by atoms with Crippen molar-refractivity contribution in [3.63, 3.8) is 0 Å². The monoisotopic (exact) mass is 316 g/mol. The third kappa shape index (κ3) is 3.50. The Kier molecular flexibility index (Phi) is 4.29. The predicted molar refractivity (Wildman–Crippen MR) is 84.1 cm³/mol. The van der Waals surface area contributed by atoms with Crippen LogP contribution in [0, 0.1) is 0 Å². The Hall–Kier alpha value is -2.41. The Morgan fingerprint density at radius 3 is 3.04 bits per heavy atom. The Labute approximate surface area is 134 Å². The van der Waals surface area contributed by atoms with Crippen LogP contribution in [-0.2, 0) is 0 Å². The highest BCUT2D eigenvalue weighted by Crippen LogP contribution is 2.25. The van der Waals surface area contributed by atoms with Crippen LogP contribution in [0.1, 0.15) is 23.3 Å². The lowest BCUT2D eigenvalue weighted by Gasteiger charge is -2.41. The van der Waals surface area contributed by atoms with Gasteiger partial charge in [0.05, 0.1) is 12.1 Å². The third-order valence-electron chi connectivity index (χ3n) is 4.06. The molecule has 0 saturated carbocycles. The number of hydrogen-bond donors (Lipinski definition) is 1. The van der Waals surface area contributed by atoms with E-state index >= 15 is 0 Å². The molecule has 1 aliphatic rings. The summed E-state index contributed by atoms with van der Waals surface area (Å²) in [4.78, 5) is 20.1. The molecule has 1 aliphatic heterocycles. The van der Waals surface area contributed by atoms with Gasteiger partial charge in [0.2, 0.25) is 0 Å². The molecule has 1 saturated heterocycles. The molecule has 0 unspecified atom stereocenters. The van der Waals surface area contributed by atoms with E-state index in [1.54, 1.807) is 13.2 Å². The Morgan fingerprint density at radius 2 is 2.35 bits per heavy atom. The molecule has 0 radical (unpaired) electrons. The third-order valence-corrected chi connectivity index (χ3v) is 4.06. The van der Waals surface area contributed by atoms with Gasteiger partial charge in [-0.1, -0.05) is 11.2 Å². The highest BCUT2D eigenvalue weighted by Gasteiger charge is 2.36. The molecule has 23 heavy (non-hydrogen) atoms. The van der Waals surface area contributed by atoms with Crippen molar-refractivity contribution in [1.82, 2.24) is 15.0 Å². The number of β-amino-alcohol motifs (C(OH)–C–C–N with tert-alkyl or cyclic N) is 1. The summed E-state index contributed by atoms with van der Waals surface area (Å²) < 4.78 is 4.70. The zero-order valence-electron chi connectivity index (χ0n) is 13.1. The zero-order valence-corrected chi connectivity index (χ0v) is 13.1. The van der Waals surface area contributed by atoms with E-state index in [9.17, 15) is 9.90 Å². The molecule has 0 aliphatic carbocycles. The van der Waals surface area contributed by atoms with Gasteiger partial charge in [-0.25, -0.2) is 4.98 Å². The van der Waals surface area contributed by atoms with Crippen LogP contribution in [0.15, 0.2) is 41.2 Å². The van der Waals surface area contributed by atoms with Crippen LogP contribution in [0.5, 0.6) is 0 Å². The van der Waals surface area contributed by atoms with E-state index in [-0.39, 0.29) is 18.1 Å². The highest BCUT2D eigenvalue weighted by molar-refractivity contribution is 5.91. The van der Waals surface area contributed by atoms with E-state index in [1.165, 1.54) is 17.2 Å². The molecule has 2 aromatic rings. The maximum Gasteiger partial charge on any atom is 0.275 e. The summed E-state index contributed by atoms with van der Waals surface area (Å²) >= 11 is 0. The van der Waals surface area contributed by atoms with Crippen molar-refractivity contribution in [2.45, 2.75) is 18.4 Å². The number of carbonyl (C=O) groups excluding carboxylic acids is 1. The van der Waals surface area contributed by atoms with E-state index in [1.807, 2.05) is 18.2 Å². The van der Waals surface area contributed by atoms with Gasteiger partial charge in [-0.2, -0.15) is 0 Å². The minimum absolute atomic E-state index is 0.238. The lowest BCUT2D eigenvalue weighted by Crippen LogP contribution is -2.54. The van der Waals surface area contributed by atoms with Gasteiger partial charge < -0.3 is 19.4 Å². The first-order chi connectivity index (χ1) is 11.1. The van der Waals surface area contributed by atoms with Crippen LogP contribution in [0.25, 0.3) is 0 Å². The Balaban J connectivity index is 1.67. The van der Waals surface area contributed by atoms with Crippen molar-refractivity contribution in [3.05, 3.63) is 42.4 Å². The number of aromatic nitrogens is 2. The second-order valence-corrected chi connectivity index (χ2v) is 5.98. The molecule has 1 amide bonds. The number of likely N-dealkylation sites (N-methyl/N-ethyl adjacent to an activating group) is 1. The van der Waals surface area contributed by atoms with Crippen molar-refractivity contribution in [1.29, 1.82) is 0 Å². The van der Waals surface area contributed by atoms with Gasteiger partial charge in [0.1, 0.15) is 12.1 Å². The quantitative estimate of drug-likeness (QED) is 0.912. The standard InChI is InChI=1S/C16H20N4O3/c1-19(15(21)13-6-10-23-18-13)11-16(22)7-4-9-20(12-16)14-5-2-3-8-17-14/h2-3,5-6,8,10,22H,4,7,9,11-12H2,1H3/t16-/m0/s1. The number of anilines is 1. The normalized spacial score (nSPS) is 21.2. The zero-order chi connectivity index (χ0) is 16.3. The fraction of sp³-hybridized carbons (Fsp3) is 0.438. The first-order valence-corrected chi connectivity index (χ1v) is 7.62. The molecular weight excluding hydrogens is 296 g/mol. The van der Waals surface area contributed by atoms with Crippen LogP contribution in [0.4, 0.5) is 5.82 Å². The van der Waals surface area contributed by atoms with Crippen LogP contribution in [0.2, 0.25) is 0 Å². The lowest BCUT2D eigenvalue weighted by molar-refractivity contribution is -0.000375. The van der Waals surface area contributed by atoms with Gasteiger partial charge in [0, 0.05) is 32.4 Å². The highest BCUT2D eigenvalue weighted by atomic mass is 16.5. The molecule has 0 spiro atoms. The lowest BCUT2D eigenvalue weighted by atomic mass is 9.92. The van der Waals surface area contributed by atoms with Crippen molar-refractivity contribution < 1.29 is 14.4 Å². The topological polar surface area (TPSA) is 82.7 Å². The second-order valence-electron chi connectivity index (χ2n) is 5.98. The summed E-state index contributed by atoms with van der Waals surface area (Å²) in [5.41, 5.74) is -0.724. The smallest absolute Gasteiger partial charge is 0.275 e. The van der Waals surface area contributed by atoms with E-state index in [0.29, 0.717) is 13.0 Å². The fourth-order valence-electron chi connectivity index (χ4n) is 3.01. The van der Waals surface area contributed by atoms with E-state index in [0.717, 1.165) is 18.8 Å². The van der Waals surface area contributed by atoms with E-state index < -0.39 is 5.60 Å². The van der Waals surface area contributed by atoms with Gasteiger partial charge in [-0.15, -0.1) is 0 Å². The summed E-state index contributed by atoms with van der Waals surface area (Å²) in [7, 11) is 1.66. The van der Waals surface area contributed by atoms with Crippen LogP contribution in [0.3, 0.4) is 0 Å². The van der Waals surface area contributed by atoms with Crippen molar-refractivity contribution in [3.8, 4) is 0 Å². The average molecular weight is 316 g/mol. The second kappa shape index (κ2) is 6.37. The average Bonchev–Trinajstić information content (AvgIpc) is 3.09. The van der Waals surface area contributed by atoms with E-state index in [4.69, 9.17) is 4.52 Å². The van der Waals surface area contributed by atoms with Crippen molar-refractivity contribution in [2.24, 2.45) is 0 Å². The van der Waals surface area contributed by atoms with Crippen LogP contribution >= 0.6 is 0 Å². The molecule has 1 fully saturated rings. The minimum atomic E-state index is -0.968. The number of piperidine rings is 1. The predicted octanol–water partition coefficient (Wildman–Crippen LogP) is 1.17. The minimum Gasteiger partial charge on any atom is -0.386 e. The fourth-order valence-corrected chi connectivity index (χ4v) is 3.01. The SMILES string of the molecule is CN(C[C@@]1(O)CCCN(c2ccccn2)C1)C(=O)c1ccon1. The van der Waals surface area contributed by atoms with Gasteiger partial charge >= 0.3 is 0 Å². The number of hydrogen-bond acceptors (Lipinski definition) is 6. The number of amides is 1. The number of pyridine rings is 1. The first-order valence-electron chi connectivity index (χ1n) is 7.62. The Morgan fingerprint density at radius 1 is 1.48 bits per heavy atom. The number of aliphatic hydroxyl groups is 1. The largest absolute Gasteiger partial charge is 0.386 e. The van der Waals surface area contributed by atoms with Gasteiger partial charge in [0.15, 0.2) is 5.69 Å². The number of rotatable bonds is 4. The van der Waals surface area contributed by atoms with Gasteiger partial charge in [0.25, 0.3) is 5.91 Å². The first kappa shape index (κ1) is 15.5. The molecule has 1 atom stereocenters. The van der Waals surface area contributed by atoms with Crippen molar-refractivity contribution >= 4 is 11.7 Å². The maximum atomic E-state index is 12.2. The summed E-state index contributed by atoms with van der Waals surface area (Å²) in [6.45, 7) is 1.53. The molecule has 7 nitrogen and oxygen atoms in total. The molecule has 0 bridgehead atoms. The number of nitrogens with zero attached hydrogens (tertiary/aromatic N) is 4. The molecule has 1 N–H and O–H groups in total. The summed E-state index contributed by atoms with van der Waals surface area (Å²) in [6, 6.07) is 7.24. The summed E-state index contributed by atoms with van der Waals surface area (Å²) in [5.74, 6) is 0.582. The van der Waals surface area contributed by atoms with Crippen LogP contribution in [-0.4, -0.2) is 58.3 Å². The van der Waals surface area contributed by atoms with Crippen LogP contribution < -0.4 is 4.90 Å². The molecule has 0 aromatic carbocycles. The Bertz CT molecular complexity index is 647. The summed E-state index contributed by atoms with van der Waals surface area (Å²) in [5, 5.41) is 14.6. The molecule has 3 heterocycles.